The normalized spacial score (nSPS) is 33.2. The summed E-state index contributed by atoms with van der Waals surface area (Å²) in [7, 11) is 0. The van der Waals surface area contributed by atoms with E-state index >= 15 is 0 Å². The van der Waals surface area contributed by atoms with Crippen molar-refractivity contribution in [1.82, 2.24) is 9.80 Å². The summed E-state index contributed by atoms with van der Waals surface area (Å²) >= 11 is 0. The number of anilines is 1. The van der Waals surface area contributed by atoms with Gasteiger partial charge in [-0.05, 0) is 37.5 Å². The molecule has 0 radical (unpaired) electrons. The second kappa shape index (κ2) is 10.8. The van der Waals surface area contributed by atoms with Crippen molar-refractivity contribution < 1.29 is 24.2 Å². The third-order valence-corrected chi connectivity index (χ3v) is 10.3. The lowest BCUT2D eigenvalue weighted by Gasteiger charge is -2.42. The van der Waals surface area contributed by atoms with E-state index in [2.05, 4.69) is 0 Å². The average molecular weight is 582 g/mol. The number of aliphatic hydroxyl groups excluding tert-OH is 1. The lowest BCUT2D eigenvalue weighted by atomic mass is 9.74. The maximum absolute atomic E-state index is 14.9. The van der Waals surface area contributed by atoms with Gasteiger partial charge in [-0.2, -0.15) is 0 Å². The molecule has 6 atom stereocenters. The van der Waals surface area contributed by atoms with Crippen LogP contribution in [0.1, 0.15) is 50.6 Å². The van der Waals surface area contributed by atoms with Gasteiger partial charge >= 0.3 is 0 Å². The van der Waals surface area contributed by atoms with Crippen molar-refractivity contribution in [2.75, 3.05) is 24.6 Å². The first kappa shape index (κ1) is 28.0. The Labute approximate surface area is 252 Å². The molecule has 8 heteroatoms. The minimum atomic E-state index is -1.36. The Balaban J connectivity index is 1.37. The van der Waals surface area contributed by atoms with E-state index in [-0.39, 0.29) is 30.4 Å². The van der Waals surface area contributed by atoms with Gasteiger partial charge in [0.1, 0.15) is 11.6 Å². The molecule has 2 saturated heterocycles. The summed E-state index contributed by atoms with van der Waals surface area (Å²) in [5.41, 5.74) is -0.981. The summed E-state index contributed by atoms with van der Waals surface area (Å²) in [6, 6.07) is 17.1. The van der Waals surface area contributed by atoms with Crippen molar-refractivity contribution in [3.63, 3.8) is 0 Å². The van der Waals surface area contributed by atoms with Crippen molar-refractivity contribution in [2.24, 2.45) is 11.8 Å². The van der Waals surface area contributed by atoms with Gasteiger partial charge in [0.25, 0.3) is 0 Å². The van der Waals surface area contributed by atoms with Gasteiger partial charge in [0.05, 0.1) is 30.1 Å². The van der Waals surface area contributed by atoms with Crippen molar-refractivity contribution in [1.29, 1.82) is 0 Å². The lowest BCUT2D eigenvalue weighted by Crippen LogP contribution is -2.58. The van der Waals surface area contributed by atoms with E-state index in [9.17, 15) is 19.5 Å². The highest BCUT2D eigenvalue weighted by atomic mass is 16.5. The predicted molar refractivity (Wildman–Crippen MR) is 162 cm³/mol. The number of amides is 3. The summed E-state index contributed by atoms with van der Waals surface area (Å²) in [5, 5.41) is 10.8. The van der Waals surface area contributed by atoms with Crippen LogP contribution in [-0.2, 0) is 19.1 Å². The number of benzene rings is 2. The molecule has 7 rings (SSSR count). The minimum absolute atomic E-state index is 0.0823. The number of fused-ring (bicyclic) bond motifs is 2. The maximum Gasteiger partial charge on any atom is 0.249 e. The summed E-state index contributed by atoms with van der Waals surface area (Å²) in [4.78, 5) is 49.5. The zero-order chi connectivity index (χ0) is 29.8. The molecule has 4 heterocycles. The highest BCUT2D eigenvalue weighted by Crippen LogP contribution is 2.59. The lowest BCUT2D eigenvalue weighted by molar-refractivity contribution is -0.156. The van der Waals surface area contributed by atoms with Crippen LogP contribution in [0.2, 0.25) is 0 Å². The van der Waals surface area contributed by atoms with Gasteiger partial charge in [0.2, 0.25) is 17.7 Å². The van der Waals surface area contributed by atoms with Crippen LogP contribution in [0.4, 0.5) is 5.69 Å². The summed E-state index contributed by atoms with van der Waals surface area (Å²) in [6.07, 6.45) is 12.8. The molecule has 1 saturated carbocycles. The number of carbonyl (C=O) groups excluding carboxylic acids is 3. The number of likely N-dealkylation sites (tertiary alicyclic amines) is 1. The van der Waals surface area contributed by atoms with Crippen LogP contribution in [0.3, 0.4) is 0 Å². The molecule has 2 aromatic rings. The smallest absolute Gasteiger partial charge is 0.249 e. The van der Waals surface area contributed by atoms with E-state index in [0.717, 1.165) is 43.4 Å². The number of rotatable bonds is 5. The molecule has 43 heavy (non-hydrogen) atoms. The van der Waals surface area contributed by atoms with Crippen LogP contribution >= 0.6 is 0 Å². The first-order chi connectivity index (χ1) is 20.9. The molecule has 0 aromatic heterocycles. The van der Waals surface area contributed by atoms with Crippen molar-refractivity contribution in [3.05, 3.63) is 90.5 Å². The van der Waals surface area contributed by atoms with Crippen LogP contribution in [0, 0.1) is 11.8 Å². The number of aliphatic hydroxyl groups is 1. The second-order valence-electron chi connectivity index (χ2n) is 12.7. The number of hydrogen-bond acceptors (Lipinski definition) is 5. The van der Waals surface area contributed by atoms with Gasteiger partial charge in [-0.1, -0.05) is 92.1 Å². The Morgan fingerprint density at radius 3 is 2.21 bits per heavy atom. The number of carbonyl (C=O) groups is 3. The highest BCUT2D eigenvalue weighted by molar-refractivity contribution is 6.04. The van der Waals surface area contributed by atoms with Crippen LogP contribution in [0.15, 0.2) is 85.0 Å². The molecule has 4 aliphatic heterocycles. The fraction of sp³-hybridized carbons (Fsp3) is 0.457. The first-order valence-corrected chi connectivity index (χ1v) is 15.6. The molecule has 1 aliphatic carbocycles. The van der Waals surface area contributed by atoms with E-state index in [4.69, 9.17) is 4.74 Å². The SMILES string of the molecule is C[C@@]12C=CCN(c3ccccc3)C(=O)[C@@H]1[C@H]1C(=O)N([C@H](CO)c3ccccc3)C3C(=O)N(C4CCCCC4)CC=C[C@@]31O2. The molecule has 1 spiro atoms. The second-order valence-corrected chi connectivity index (χ2v) is 12.7. The van der Waals surface area contributed by atoms with Gasteiger partial charge < -0.3 is 24.5 Å². The Morgan fingerprint density at radius 2 is 1.51 bits per heavy atom. The van der Waals surface area contributed by atoms with E-state index in [1.807, 2.05) is 96.8 Å². The van der Waals surface area contributed by atoms with Crippen LogP contribution in [0.25, 0.3) is 0 Å². The maximum atomic E-state index is 14.9. The summed E-state index contributed by atoms with van der Waals surface area (Å²) < 4.78 is 7.01. The van der Waals surface area contributed by atoms with Gasteiger partial charge in [0.15, 0.2) is 0 Å². The van der Waals surface area contributed by atoms with E-state index < -0.39 is 35.1 Å². The van der Waals surface area contributed by atoms with Gasteiger partial charge in [-0.15, -0.1) is 0 Å². The van der Waals surface area contributed by atoms with Gasteiger partial charge in [-0.3, -0.25) is 14.4 Å². The molecular weight excluding hydrogens is 542 g/mol. The Bertz CT molecular complexity index is 1450. The van der Waals surface area contributed by atoms with Crippen molar-refractivity contribution in [2.45, 2.75) is 68.4 Å². The first-order valence-electron chi connectivity index (χ1n) is 15.6. The van der Waals surface area contributed by atoms with Gasteiger partial charge in [-0.25, -0.2) is 0 Å². The molecule has 8 nitrogen and oxygen atoms in total. The molecule has 5 aliphatic rings. The van der Waals surface area contributed by atoms with Gasteiger partial charge in [0, 0.05) is 24.8 Å². The van der Waals surface area contributed by atoms with E-state index in [1.165, 1.54) is 0 Å². The highest BCUT2D eigenvalue weighted by Gasteiger charge is 2.75. The van der Waals surface area contributed by atoms with Crippen molar-refractivity contribution >= 4 is 23.4 Å². The molecule has 2 aromatic carbocycles. The number of nitrogens with zero attached hydrogens (tertiary/aromatic N) is 3. The molecule has 1 N–H and O–H groups in total. The molecule has 224 valence electrons. The fourth-order valence-electron chi connectivity index (χ4n) is 8.40. The summed E-state index contributed by atoms with van der Waals surface area (Å²) in [6.45, 7) is 2.29. The molecule has 3 amide bonds. The Morgan fingerprint density at radius 1 is 0.837 bits per heavy atom. The number of ether oxygens (including phenoxy) is 1. The number of para-hydroxylation sites is 1. The third kappa shape index (κ3) is 4.29. The van der Waals surface area contributed by atoms with Crippen LogP contribution in [-0.4, -0.2) is 75.6 Å². The predicted octanol–water partition coefficient (Wildman–Crippen LogP) is 4.03. The van der Waals surface area contributed by atoms with E-state index in [1.54, 1.807) is 9.80 Å². The Hall–Kier alpha value is -3.75. The topological polar surface area (TPSA) is 90.4 Å². The standard InChI is InChI=1S/C35H39N3O5/c1-34-19-11-21-36(25-15-7-3-8-16-25)31(40)28(34)29-32(41)38(27(23-39)24-13-5-2-6-14-24)30-33(42)37(26-17-9-4-10-18-26)22-12-20-35(29,30)43-34/h2-3,5-8,11-16,19-20,26-30,39H,4,9-10,17-18,21-23H2,1H3/t27-,28+,29+,30?,34-,35+/m1/s1. The Kier molecular flexibility index (Phi) is 7.01. The third-order valence-electron chi connectivity index (χ3n) is 10.3. The molecular formula is C35H39N3O5. The zero-order valence-electron chi connectivity index (χ0n) is 24.5. The zero-order valence-corrected chi connectivity index (χ0v) is 24.5. The average Bonchev–Trinajstić information content (AvgIpc) is 3.30. The van der Waals surface area contributed by atoms with Crippen LogP contribution in [0.5, 0.6) is 0 Å². The summed E-state index contributed by atoms with van der Waals surface area (Å²) in [5.74, 6) is -2.50. The van der Waals surface area contributed by atoms with E-state index in [0.29, 0.717) is 13.1 Å². The number of hydrogen-bond donors (Lipinski definition) is 1. The fourth-order valence-corrected chi connectivity index (χ4v) is 8.40. The molecule has 1 unspecified atom stereocenters. The molecule has 0 bridgehead atoms. The largest absolute Gasteiger partial charge is 0.394 e. The quantitative estimate of drug-likeness (QED) is 0.539. The molecule has 3 fully saturated rings. The minimum Gasteiger partial charge on any atom is -0.394 e. The monoisotopic (exact) mass is 581 g/mol. The van der Waals surface area contributed by atoms with Crippen molar-refractivity contribution in [3.8, 4) is 0 Å². The van der Waals surface area contributed by atoms with Crippen LogP contribution < -0.4 is 4.90 Å².